The van der Waals surface area contributed by atoms with Crippen LogP contribution in [-0.4, -0.2) is 92.0 Å². The third-order valence-corrected chi connectivity index (χ3v) is 8.59. The van der Waals surface area contributed by atoms with Gasteiger partial charge in [-0.3, -0.25) is 9.69 Å². The van der Waals surface area contributed by atoms with Crippen LogP contribution in [0.5, 0.6) is 5.75 Å². The number of nitrogens with one attached hydrogen (secondary N) is 1. The molecule has 5 rings (SSSR count). The molecule has 0 spiro atoms. The number of benzene rings is 1. The zero-order valence-corrected chi connectivity index (χ0v) is 21.4. The van der Waals surface area contributed by atoms with E-state index in [9.17, 15) is 13.2 Å². The van der Waals surface area contributed by atoms with Gasteiger partial charge in [0.2, 0.25) is 0 Å². The van der Waals surface area contributed by atoms with Crippen LogP contribution in [0.15, 0.2) is 30.3 Å². The third-order valence-electron chi connectivity index (χ3n) is 6.84. The number of aromatic nitrogens is 3. The van der Waals surface area contributed by atoms with Crippen LogP contribution in [0.4, 0.5) is 0 Å². The number of pyridine rings is 1. The number of nitrogens with zero attached hydrogens (tertiary/aromatic N) is 4. The van der Waals surface area contributed by atoms with Gasteiger partial charge < -0.3 is 14.8 Å². The zero-order chi connectivity index (χ0) is 25.3. The number of rotatable bonds is 7. The van der Waals surface area contributed by atoms with E-state index in [1.165, 1.54) is 0 Å². The number of sulfone groups is 1. The lowest BCUT2D eigenvalue weighted by molar-refractivity contribution is 0.0383. The predicted molar refractivity (Wildman–Crippen MR) is 136 cm³/mol. The SMILES string of the molecule is COc1ccc(-c2cc(C(=O)NCCN3CCOCC3)c3c(C)nn(C4CCS(=O)(=O)C4)c3n2)cc1. The molecule has 10 nitrogen and oxygen atoms in total. The molecule has 4 heterocycles. The standard InChI is InChI=1S/C25H31N5O5S/c1-17-23-21(25(31)26-8-9-29-10-12-35-13-11-29)15-22(18-3-5-20(34-2)6-4-18)27-24(23)30(28-17)19-7-14-36(32,33)16-19/h3-6,15,19H,7-14,16H2,1-2H3,(H,26,31). The molecule has 2 aliphatic rings. The molecule has 1 N–H and O–H groups in total. The smallest absolute Gasteiger partial charge is 0.252 e. The van der Waals surface area contributed by atoms with E-state index < -0.39 is 9.84 Å². The van der Waals surface area contributed by atoms with Gasteiger partial charge >= 0.3 is 0 Å². The monoisotopic (exact) mass is 513 g/mol. The van der Waals surface area contributed by atoms with E-state index in [2.05, 4.69) is 15.3 Å². The molecule has 1 atom stereocenters. The highest BCUT2D eigenvalue weighted by atomic mass is 32.2. The molecule has 0 aliphatic carbocycles. The van der Waals surface area contributed by atoms with Gasteiger partial charge in [-0.2, -0.15) is 5.10 Å². The summed E-state index contributed by atoms with van der Waals surface area (Å²) in [7, 11) is -1.51. The van der Waals surface area contributed by atoms with Gasteiger partial charge in [0.15, 0.2) is 15.5 Å². The molecule has 1 amide bonds. The molecular formula is C25H31N5O5S. The molecule has 2 aromatic heterocycles. The van der Waals surface area contributed by atoms with Crippen molar-refractivity contribution < 1.29 is 22.7 Å². The van der Waals surface area contributed by atoms with Crippen molar-refractivity contribution in [3.63, 3.8) is 0 Å². The molecule has 3 aromatic rings. The zero-order valence-electron chi connectivity index (χ0n) is 20.6. The highest BCUT2D eigenvalue weighted by molar-refractivity contribution is 7.91. The summed E-state index contributed by atoms with van der Waals surface area (Å²) in [5.41, 5.74) is 3.11. The van der Waals surface area contributed by atoms with Crippen LogP contribution in [0.1, 0.15) is 28.5 Å². The van der Waals surface area contributed by atoms with E-state index in [0.717, 1.165) is 30.9 Å². The van der Waals surface area contributed by atoms with Gasteiger partial charge in [-0.05, 0) is 43.7 Å². The molecule has 0 radical (unpaired) electrons. The quantitative estimate of drug-likeness (QED) is 0.509. The Morgan fingerprint density at radius 1 is 1.22 bits per heavy atom. The van der Waals surface area contributed by atoms with Crippen LogP contribution in [0, 0.1) is 6.92 Å². The molecule has 36 heavy (non-hydrogen) atoms. The van der Waals surface area contributed by atoms with Gasteiger partial charge in [-0.1, -0.05) is 0 Å². The second kappa shape index (κ2) is 10.2. The summed E-state index contributed by atoms with van der Waals surface area (Å²) in [6, 6.07) is 8.95. The van der Waals surface area contributed by atoms with Crippen LogP contribution < -0.4 is 10.1 Å². The van der Waals surface area contributed by atoms with E-state index >= 15 is 0 Å². The van der Waals surface area contributed by atoms with Crippen molar-refractivity contribution in [3.05, 3.63) is 41.6 Å². The summed E-state index contributed by atoms with van der Waals surface area (Å²) in [6.45, 7) is 6.21. The normalized spacial score (nSPS) is 20.0. The van der Waals surface area contributed by atoms with Crippen molar-refractivity contribution in [1.82, 2.24) is 25.0 Å². The van der Waals surface area contributed by atoms with Gasteiger partial charge in [-0.25, -0.2) is 18.1 Å². The Bertz CT molecular complexity index is 1360. The molecule has 2 aliphatic heterocycles. The Hall–Kier alpha value is -3.02. The molecule has 0 bridgehead atoms. The van der Waals surface area contributed by atoms with Gasteiger partial charge in [0, 0.05) is 31.7 Å². The van der Waals surface area contributed by atoms with Crippen molar-refractivity contribution in [1.29, 1.82) is 0 Å². The molecule has 192 valence electrons. The van der Waals surface area contributed by atoms with Gasteiger partial charge in [0.1, 0.15) is 5.75 Å². The maximum absolute atomic E-state index is 13.4. The lowest BCUT2D eigenvalue weighted by Crippen LogP contribution is -2.41. The van der Waals surface area contributed by atoms with Crippen LogP contribution in [0.3, 0.4) is 0 Å². The largest absolute Gasteiger partial charge is 0.497 e. The lowest BCUT2D eigenvalue weighted by Gasteiger charge is -2.26. The van der Waals surface area contributed by atoms with Crippen LogP contribution in [0.2, 0.25) is 0 Å². The molecule has 11 heteroatoms. The highest BCUT2D eigenvalue weighted by Gasteiger charge is 2.32. The van der Waals surface area contributed by atoms with Crippen molar-refractivity contribution >= 4 is 26.8 Å². The fourth-order valence-corrected chi connectivity index (χ4v) is 6.56. The summed E-state index contributed by atoms with van der Waals surface area (Å²) in [4.78, 5) is 20.6. The Morgan fingerprint density at radius 3 is 2.64 bits per heavy atom. The second-order valence-corrected chi connectivity index (χ2v) is 11.5. The van der Waals surface area contributed by atoms with E-state index in [0.29, 0.717) is 54.2 Å². The van der Waals surface area contributed by atoms with Gasteiger partial charge in [0.05, 0.1) is 60.2 Å². The van der Waals surface area contributed by atoms with E-state index in [4.69, 9.17) is 14.5 Å². The van der Waals surface area contributed by atoms with Crippen molar-refractivity contribution in [2.75, 3.05) is 58.0 Å². The van der Waals surface area contributed by atoms with Crippen LogP contribution in [0.25, 0.3) is 22.3 Å². The molecule has 2 fully saturated rings. The summed E-state index contributed by atoms with van der Waals surface area (Å²) >= 11 is 0. The molecule has 1 unspecified atom stereocenters. The summed E-state index contributed by atoms with van der Waals surface area (Å²) in [5.74, 6) is 0.675. The minimum Gasteiger partial charge on any atom is -0.497 e. The Morgan fingerprint density at radius 2 is 1.97 bits per heavy atom. The number of hydrogen-bond donors (Lipinski definition) is 1. The minimum absolute atomic E-state index is 0.0265. The topological polar surface area (TPSA) is 116 Å². The summed E-state index contributed by atoms with van der Waals surface area (Å²) in [6.07, 6.45) is 0.480. The first kappa shape index (κ1) is 24.7. The third kappa shape index (κ3) is 5.09. The maximum Gasteiger partial charge on any atom is 0.252 e. The maximum atomic E-state index is 13.4. The fourth-order valence-electron chi connectivity index (χ4n) is 4.87. The average molecular weight is 514 g/mol. The highest BCUT2D eigenvalue weighted by Crippen LogP contribution is 2.32. The van der Waals surface area contributed by atoms with Crippen molar-refractivity contribution in [2.24, 2.45) is 0 Å². The number of carbonyl (C=O) groups is 1. The molecule has 0 saturated carbocycles. The Kier molecular flexibility index (Phi) is 6.96. The number of amides is 1. The summed E-state index contributed by atoms with van der Waals surface area (Å²) < 4.78 is 36.7. The number of methoxy groups -OCH3 is 1. The number of aryl methyl sites for hydroxylation is 1. The predicted octanol–water partition coefficient (Wildman–Crippen LogP) is 1.84. The molecular weight excluding hydrogens is 482 g/mol. The fraction of sp³-hybridized carbons (Fsp3) is 0.480. The average Bonchev–Trinajstić information content (AvgIpc) is 3.42. The number of morpholine rings is 1. The first-order valence-corrected chi connectivity index (χ1v) is 14.0. The number of carbonyl (C=O) groups excluding carboxylic acids is 1. The van der Waals surface area contributed by atoms with Crippen molar-refractivity contribution in [3.8, 4) is 17.0 Å². The van der Waals surface area contributed by atoms with E-state index in [1.54, 1.807) is 17.9 Å². The molecule has 1 aromatic carbocycles. The first-order chi connectivity index (χ1) is 17.3. The van der Waals surface area contributed by atoms with Crippen LogP contribution in [-0.2, 0) is 14.6 Å². The number of hydrogen-bond acceptors (Lipinski definition) is 8. The lowest BCUT2D eigenvalue weighted by atomic mass is 10.0. The minimum atomic E-state index is -3.12. The Balaban J connectivity index is 1.52. The van der Waals surface area contributed by atoms with Crippen LogP contribution >= 0.6 is 0 Å². The van der Waals surface area contributed by atoms with E-state index in [-0.39, 0.29) is 23.5 Å². The van der Waals surface area contributed by atoms with E-state index in [1.807, 2.05) is 31.2 Å². The van der Waals surface area contributed by atoms with Gasteiger partial charge in [0.25, 0.3) is 5.91 Å². The second-order valence-electron chi connectivity index (χ2n) is 9.28. The summed E-state index contributed by atoms with van der Waals surface area (Å²) in [5, 5.41) is 8.37. The molecule has 2 saturated heterocycles. The number of ether oxygens (including phenoxy) is 2. The van der Waals surface area contributed by atoms with Gasteiger partial charge in [-0.15, -0.1) is 0 Å². The van der Waals surface area contributed by atoms with Crippen molar-refractivity contribution in [2.45, 2.75) is 19.4 Å². The first-order valence-electron chi connectivity index (χ1n) is 12.2. The number of fused-ring (bicyclic) bond motifs is 1. The Labute approximate surface area is 210 Å².